The molecule has 44 heavy (non-hydrogen) atoms. The van der Waals surface area contributed by atoms with Gasteiger partial charge in [-0.2, -0.15) is 8.61 Å². The fourth-order valence-electron chi connectivity index (χ4n) is 4.80. The lowest BCUT2D eigenvalue weighted by atomic mass is 10.2. The Kier molecular flexibility index (Phi) is 8.90. The number of carbonyl (C=O) groups is 1. The summed E-state index contributed by atoms with van der Waals surface area (Å²) in [6.45, 7) is 0.989. The summed E-state index contributed by atoms with van der Waals surface area (Å²) in [6, 6.07) is 26.1. The summed E-state index contributed by atoms with van der Waals surface area (Å²) < 4.78 is 84.4. The second-order valence-corrected chi connectivity index (χ2v) is 15.6. The molecule has 14 heteroatoms. The number of piperazine rings is 1. The van der Waals surface area contributed by atoms with Gasteiger partial charge in [0.05, 0.1) is 14.7 Å². The molecule has 1 saturated heterocycles. The van der Waals surface area contributed by atoms with E-state index in [1.807, 2.05) is 13.0 Å². The largest absolute Gasteiger partial charge is 0.325 e. The molecule has 0 unspecified atom stereocenters. The van der Waals surface area contributed by atoms with Crippen LogP contribution in [0.3, 0.4) is 0 Å². The van der Waals surface area contributed by atoms with Crippen LogP contribution in [0.2, 0.25) is 0 Å². The van der Waals surface area contributed by atoms with Crippen LogP contribution in [0.1, 0.15) is 5.56 Å². The Morgan fingerprint density at radius 3 is 1.84 bits per heavy atom. The Morgan fingerprint density at radius 2 is 1.25 bits per heavy atom. The van der Waals surface area contributed by atoms with Gasteiger partial charge >= 0.3 is 0 Å². The fraction of sp³-hybridized carbons (Fsp3) is 0.167. The molecule has 1 heterocycles. The maximum atomic E-state index is 13.7. The minimum atomic E-state index is -4.18. The van der Waals surface area contributed by atoms with Crippen LogP contribution in [0.15, 0.2) is 124 Å². The van der Waals surface area contributed by atoms with Gasteiger partial charge in [0, 0.05) is 31.0 Å². The third-order valence-electron chi connectivity index (χ3n) is 7.03. The van der Waals surface area contributed by atoms with Gasteiger partial charge in [-0.3, -0.25) is 9.52 Å². The van der Waals surface area contributed by atoms with E-state index in [9.17, 15) is 30.0 Å². The van der Waals surface area contributed by atoms with Gasteiger partial charge in [0.15, 0.2) is 0 Å². The van der Waals surface area contributed by atoms with Crippen molar-refractivity contribution < 1.29 is 30.0 Å². The molecule has 1 amide bonds. The van der Waals surface area contributed by atoms with Crippen LogP contribution in [0.4, 0.5) is 11.4 Å². The number of amides is 1. The van der Waals surface area contributed by atoms with E-state index in [0.29, 0.717) is 5.69 Å². The summed E-state index contributed by atoms with van der Waals surface area (Å²) >= 11 is 0. The van der Waals surface area contributed by atoms with Gasteiger partial charge in [-0.05, 0) is 73.2 Å². The Morgan fingerprint density at radius 1 is 0.659 bits per heavy atom. The number of benzene rings is 4. The van der Waals surface area contributed by atoms with Gasteiger partial charge in [0.2, 0.25) is 26.0 Å². The van der Waals surface area contributed by atoms with Crippen molar-refractivity contribution in [3.05, 3.63) is 115 Å². The fourth-order valence-corrected chi connectivity index (χ4v) is 8.90. The molecule has 4 aromatic rings. The van der Waals surface area contributed by atoms with Gasteiger partial charge in [-0.15, -0.1) is 0 Å². The number of carbonyl (C=O) groups excluding carboxylic acids is 1. The number of nitrogens with one attached hydrogen (secondary N) is 2. The SMILES string of the molecule is Cc1cccc(NS(=O)(=O)c2ccc(NC(=O)[C@@H]3CN(S(=O)(=O)c4ccccc4)CCN3S(=O)(=O)c3ccccc3)cc2)c1. The molecule has 1 atom stereocenters. The van der Waals surface area contributed by atoms with Crippen LogP contribution in [0, 0.1) is 6.92 Å². The van der Waals surface area contributed by atoms with Crippen LogP contribution in [0.5, 0.6) is 0 Å². The first-order chi connectivity index (χ1) is 20.9. The average Bonchev–Trinajstić information content (AvgIpc) is 3.01. The number of hydrogen-bond acceptors (Lipinski definition) is 7. The van der Waals surface area contributed by atoms with Crippen molar-refractivity contribution in [1.29, 1.82) is 0 Å². The normalized spacial score (nSPS) is 16.7. The van der Waals surface area contributed by atoms with Crippen molar-refractivity contribution in [3.63, 3.8) is 0 Å². The minimum Gasteiger partial charge on any atom is -0.325 e. The molecule has 0 aliphatic carbocycles. The quantitative estimate of drug-likeness (QED) is 0.281. The first kappa shape index (κ1) is 31.3. The topological polar surface area (TPSA) is 150 Å². The van der Waals surface area contributed by atoms with E-state index in [-0.39, 0.29) is 33.5 Å². The van der Waals surface area contributed by atoms with E-state index in [1.165, 1.54) is 48.5 Å². The summed E-state index contributed by atoms with van der Waals surface area (Å²) in [5.74, 6) is -0.772. The molecule has 11 nitrogen and oxygen atoms in total. The second-order valence-electron chi connectivity index (χ2n) is 10.1. The second kappa shape index (κ2) is 12.5. The Bertz CT molecular complexity index is 1970. The number of hydrogen-bond donors (Lipinski definition) is 2. The summed E-state index contributed by atoms with van der Waals surface area (Å²) in [5.41, 5.74) is 1.48. The molecular formula is C30H30N4O7S3. The number of rotatable bonds is 9. The predicted molar refractivity (Wildman–Crippen MR) is 166 cm³/mol. The summed E-state index contributed by atoms with van der Waals surface area (Å²) in [4.78, 5) is 13.6. The van der Waals surface area contributed by atoms with E-state index >= 15 is 0 Å². The van der Waals surface area contributed by atoms with E-state index in [4.69, 9.17) is 0 Å². The van der Waals surface area contributed by atoms with Gasteiger partial charge in [0.1, 0.15) is 6.04 Å². The van der Waals surface area contributed by atoms with Crippen molar-refractivity contribution in [2.24, 2.45) is 0 Å². The highest BCUT2D eigenvalue weighted by atomic mass is 32.2. The zero-order valence-corrected chi connectivity index (χ0v) is 26.0. The molecule has 0 bridgehead atoms. The lowest BCUT2D eigenvalue weighted by molar-refractivity contribution is -0.120. The molecule has 230 valence electrons. The Balaban J connectivity index is 1.40. The third-order valence-corrected chi connectivity index (χ3v) is 12.2. The Hall–Kier alpha value is -4.08. The van der Waals surface area contributed by atoms with Crippen molar-refractivity contribution >= 4 is 47.4 Å². The predicted octanol–water partition coefficient (Wildman–Crippen LogP) is 3.50. The van der Waals surface area contributed by atoms with Gasteiger partial charge in [-0.1, -0.05) is 48.5 Å². The zero-order valence-electron chi connectivity index (χ0n) is 23.6. The smallest absolute Gasteiger partial charge is 0.261 e. The maximum Gasteiger partial charge on any atom is 0.261 e. The van der Waals surface area contributed by atoms with Gasteiger partial charge in [-0.25, -0.2) is 25.3 Å². The van der Waals surface area contributed by atoms with Crippen molar-refractivity contribution in [3.8, 4) is 0 Å². The molecular weight excluding hydrogens is 625 g/mol. The highest BCUT2D eigenvalue weighted by Gasteiger charge is 2.43. The zero-order chi connectivity index (χ0) is 31.5. The molecule has 1 fully saturated rings. The number of aryl methyl sites for hydroxylation is 1. The number of nitrogens with zero attached hydrogens (tertiary/aromatic N) is 2. The number of sulfonamides is 3. The van der Waals surface area contributed by atoms with Crippen LogP contribution in [-0.4, -0.2) is 65.4 Å². The van der Waals surface area contributed by atoms with Crippen LogP contribution >= 0.6 is 0 Å². The standard InChI is InChI=1S/C30H30N4O7S3/c1-23-9-8-10-25(21-23)32-42(36,37)26-17-15-24(16-18-26)31-30(35)29-22-33(43(38,39)27-11-4-2-5-12-27)19-20-34(29)44(40,41)28-13-6-3-7-14-28/h2-18,21,29,32H,19-20,22H2,1H3,(H,31,35)/t29-/m0/s1. The molecule has 0 aromatic heterocycles. The van der Waals surface area contributed by atoms with E-state index in [0.717, 1.165) is 14.2 Å². The van der Waals surface area contributed by atoms with Crippen molar-refractivity contribution in [2.45, 2.75) is 27.7 Å². The molecule has 5 rings (SSSR count). The van der Waals surface area contributed by atoms with Crippen LogP contribution < -0.4 is 10.0 Å². The molecule has 4 aromatic carbocycles. The average molecular weight is 655 g/mol. The molecule has 0 spiro atoms. The van der Waals surface area contributed by atoms with Gasteiger partial charge < -0.3 is 5.32 Å². The summed E-state index contributed by atoms with van der Waals surface area (Å²) in [5, 5.41) is 2.63. The summed E-state index contributed by atoms with van der Waals surface area (Å²) in [7, 11) is -12.1. The van der Waals surface area contributed by atoms with Crippen LogP contribution in [0.25, 0.3) is 0 Å². The Labute approximate surface area is 257 Å². The lowest BCUT2D eigenvalue weighted by Gasteiger charge is -2.38. The lowest BCUT2D eigenvalue weighted by Crippen LogP contribution is -2.60. The van der Waals surface area contributed by atoms with E-state index < -0.39 is 48.6 Å². The van der Waals surface area contributed by atoms with Crippen molar-refractivity contribution in [1.82, 2.24) is 8.61 Å². The highest BCUT2D eigenvalue weighted by molar-refractivity contribution is 7.92. The van der Waals surface area contributed by atoms with Gasteiger partial charge in [0.25, 0.3) is 10.0 Å². The number of anilines is 2. The van der Waals surface area contributed by atoms with E-state index in [2.05, 4.69) is 10.0 Å². The minimum absolute atomic E-state index is 0.0228. The third kappa shape index (κ3) is 6.69. The van der Waals surface area contributed by atoms with E-state index in [1.54, 1.807) is 54.6 Å². The molecule has 1 aliphatic rings. The monoisotopic (exact) mass is 654 g/mol. The van der Waals surface area contributed by atoms with Crippen LogP contribution in [-0.2, 0) is 34.9 Å². The molecule has 2 N–H and O–H groups in total. The highest BCUT2D eigenvalue weighted by Crippen LogP contribution is 2.27. The first-order valence-electron chi connectivity index (χ1n) is 13.5. The molecule has 0 saturated carbocycles. The summed E-state index contributed by atoms with van der Waals surface area (Å²) in [6.07, 6.45) is 0. The molecule has 0 radical (unpaired) electrons. The van der Waals surface area contributed by atoms with Crippen molar-refractivity contribution in [2.75, 3.05) is 29.7 Å². The maximum absolute atomic E-state index is 13.7. The molecule has 1 aliphatic heterocycles. The first-order valence-corrected chi connectivity index (χ1v) is 17.9.